The highest BCUT2D eigenvalue weighted by Gasteiger charge is 2.24. The fraction of sp³-hybridized carbons (Fsp3) is 1.00. The Morgan fingerprint density at radius 1 is 1.33 bits per heavy atom. The highest BCUT2D eigenvalue weighted by molar-refractivity contribution is 4.63. The molecule has 0 unspecified atom stereocenters. The van der Waals surface area contributed by atoms with Crippen LogP contribution in [-0.2, 0) is 14.2 Å². The maximum Gasteiger partial charge on any atom is 0.160 e. The molecule has 0 radical (unpaired) electrons. The van der Waals surface area contributed by atoms with Crippen LogP contribution in [0.4, 0.5) is 0 Å². The molecule has 1 fully saturated rings. The van der Waals surface area contributed by atoms with Crippen molar-refractivity contribution in [3.63, 3.8) is 0 Å². The second kappa shape index (κ2) is 4.80. The minimum Gasteiger partial charge on any atom is -0.374 e. The summed E-state index contributed by atoms with van der Waals surface area (Å²) in [6.45, 7) is 8.21. The van der Waals surface area contributed by atoms with Crippen molar-refractivity contribution >= 4 is 0 Å². The maximum absolute atomic E-state index is 5.46. The molecular weight excluding hydrogens is 156 g/mol. The van der Waals surface area contributed by atoms with Gasteiger partial charge in [0.05, 0.1) is 13.2 Å². The Balaban J connectivity index is 2.20. The molecule has 0 amide bonds. The van der Waals surface area contributed by atoms with Gasteiger partial charge in [-0.1, -0.05) is 13.8 Å². The van der Waals surface area contributed by atoms with Gasteiger partial charge in [0.2, 0.25) is 0 Å². The second-order valence-electron chi connectivity index (χ2n) is 3.36. The molecule has 1 aliphatic rings. The molecule has 0 spiro atoms. The molecule has 0 N–H and O–H groups in total. The van der Waals surface area contributed by atoms with E-state index < -0.39 is 0 Å². The third kappa shape index (κ3) is 2.73. The highest BCUT2D eigenvalue weighted by Crippen LogP contribution is 2.14. The third-order valence-corrected chi connectivity index (χ3v) is 1.84. The summed E-state index contributed by atoms with van der Waals surface area (Å²) in [6.07, 6.45) is 0.0895. The van der Waals surface area contributed by atoms with Gasteiger partial charge < -0.3 is 14.2 Å². The summed E-state index contributed by atoms with van der Waals surface area (Å²) in [5, 5.41) is 0. The predicted octanol–water partition coefficient (Wildman–Crippen LogP) is 1.42. The van der Waals surface area contributed by atoms with Gasteiger partial charge in [-0.15, -0.1) is 0 Å². The molecule has 1 heterocycles. The molecule has 1 aliphatic heterocycles. The van der Waals surface area contributed by atoms with Crippen LogP contribution in [0.25, 0.3) is 0 Å². The summed E-state index contributed by atoms with van der Waals surface area (Å²) in [5.74, 6) is 0.424. The molecular formula is C9H18O3. The standard InChI is InChI=1S/C9H18O3/c1-4-10-8-5-11-9(7(2)3)12-6-8/h7-9H,4-6H2,1-3H3. The minimum atomic E-state index is -0.0401. The lowest BCUT2D eigenvalue weighted by Gasteiger charge is -2.31. The Bertz CT molecular complexity index is 117. The van der Waals surface area contributed by atoms with E-state index in [9.17, 15) is 0 Å². The van der Waals surface area contributed by atoms with E-state index in [2.05, 4.69) is 13.8 Å². The van der Waals surface area contributed by atoms with Crippen molar-refractivity contribution in [2.45, 2.75) is 33.2 Å². The fourth-order valence-electron chi connectivity index (χ4n) is 1.22. The first-order chi connectivity index (χ1) is 5.74. The Morgan fingerprint density at radius 3 is 2.33 bits per heavy atom. The molecule has 72 valence electrons. The topological polar surface area (TPSA) is 27.7 Å². The Hall–Kier alpha value is -0.120. The lowest BCUT2D eigenvalue weighted by molar-refractivity contribution is -0.240. The second-order valence-corrected chi connectivity index (χ2v) is 3.36. The lowest BCUT2D eigenvalue weighted by atomic mass is 10.2. The summed E-state index contributed by atoms with van der Waals surface area (Å²) < 4.78 is 16.3. The first kappa shape index (κ1) is 9.96. The van der Waals surface area contributed by atoms with Crippen LogP contribution in [0.2, 0.25) is 0 Å². The number of hydrogen-bond donors (Lipinski definition) is 0. The first-order valence-electron chi connectivity index (χ1n) is 4.58. The quantitative estimate of drug-likeness (QED) is 0.647. The minimum absolute atomic E-state index is 0.0401. The van der Waals surface area contributed by atoms with Gasteiger partial charge in [0, 0.05) is 12.5 Å². The zero-order valence-corrected chi connectivity index (χ0v) is 8.08. The normalized spacial score (nSPS) is 31.0. The van der Waals surface area contributed by atoms with Gasteiger partial charge in [-0.2, -0.15) is 0 Å². The van der Waals surface area contributed by atoms with Gasteiger partial charge in [0.25, 0.3) is 0 Å². The van der Waals surface area contributed by atoms with Crippen LogP contribution in [-0.4, -0.2) is 32.2 Å². The van der Waals surface area contributed by atoms with Crippen molar-refractivity contribution in [1.29, 1.82) is 0 Å². The highest BCUT2D eigenvalue weighted by atomic mass is 16.7. The largest absolute Gasteiger partial charge is 0.374 e. The van der Waals surface area contributed by atoms with Crippen LogP contribution in [0.5, 0.6) is 0 Å². The van der Waals surface area contributed by atoms with E-state index in [1.807, 2.05) is 6.92 Å². The van der Waals surface area contributed by atoms with Crippen molar-refractivity contribution in [3.8, 4) is 0 Å². The van der Waals surface area contributed by atoms with Crippen LogP contribution in [0.1, 0.15) is 20.8 Å². The van der Waals surface area contributed by atoms with Crippen LogP contribution in [0.3, 0.4) is 0 Å². The van der Waals surface area contributed by atoms with E-state index in [1.54, 1.807) is 0 Å². The van der Waals surface area contributed by atoms with Crippen LogP contribution in [0, 0.1) is 5.92 Å². The summed E-state index contributed by atoms with van der Waals surface area (Å²) >= 11 is 0. The Kier molecular flexibility index (Phi) is 3.98. The van der Waals surface area contributed by atoms with E-state index in [4.69, 9.17) is 14.2 Å². The van der Waals surface area contributed by atoms with Crippen molar-refractivity contribution in [3.05, 3.63) is 0 Å². The summed E-state index contributed by atoms with van der Waals surface area (Å²) in [4.78, 5) is 0. The number of ether oxygens (including phenoxy) is 3. The molecule has 0 saturated carbocycles. The van der Waals surface area contributed by atoms with Gasteiger partial charge in [-0.3, -0.25) is 0 Å². The molecule has 3 heteroatoms. The summed E-state index contributed by atoms with van der Waals surface area (Å²) in [5.41, 5.74) is 0. The molecule has 0 aliphatic carbocycles. The molecule has 0 aromatic carbocycles. The molecule has 3 nitrogen and oxygen atoms in total. The SMILES string of the molecule is CCOC1COC(C(C)C)OC1. The predicted molar refractivity (Wildman–Crippen MR) is 45.9 cm³/mol. The van der Waals surface area contributed by atoms with E-state index >= 15 is 0 Å². The summed E-state index contributed by atoms with van der Waals surface area (Å²) in [6, 6.07) is 0. The molecule has 0 atom stereocenters. The van der Waals surface area contributed by atoms with Crippen molar-refractivity contribution in [1.82, 2.24) is 0 Å². The van der Waals surface area contributed by atoms with E-state index in [1.165, 1.54) is 0 Å². The fourth-order valence-corrected chi connectivity index (χ4v) is 1.22. The molecule has 1 rings (SSSR count). The van der Waals surface area contributed by atoms with Crippen molar-refractivity contribution in [2.75, 3.05) is 19.8 Å². The van der Waals surface area contributed by atoms with E-state index in [0.29, 0.717) is 19.1 Å². The zero-order valence-electron chi connectivity index (χ0n) is 8.08. The maximum atomic E-state index is 5.46. The first-order valence-corrected chi connectivity index (χ1v) is 4.58. The average molecular weight is 174 g/mol. The Morgan fingerprint density at radius 2 is 1.92 bits per heavy atom. The van der Waals surface area contributed by atoms with Gasteiger partial charge >= 0.3 is 0 Å². The van der Waals surface area contributed by atoms with Crippen LogP contribution < -0.4 is 0 Å². The van der Waals surface area contributed by atoms with Crippen LogP contribution >= 0.6 is 0 Å². The van der Waals surface area contributed by atoms with Crippen molar-refractivity contribution in [2.24, 2.45) is 5.92 Å². The Labute approximate surface area is 74.0 Å². The van der Waals surface area contributed by atoms with E-state index in [-0.39, 0.29) is 12.4 Å². The molecule has 1 saturated heterocycles. The zero-order chi connectivity index (χ0) is 8.97. The monoisotopic (exact) mass is 174 g/mol. The van der Waals surface area contributed by atoms with Gasteiger partial charge in [-0.25, -0.2) is 0 Å². The number of rotatable bonds is 3. The summed E-state index contributed by atoms with van der Waals surface area (Å²) in [7, 11) is 0. The average Bonchev–Trinajstić information content (AvgIpc) is 2.06. The number of hydrogen-bond acceptors (Lipinski definition) is 3. The molecule has 0 aromatic heterocycles. The molecule has 0 bridgehead atoms. The molecule has 0 aromatic rings. The third-order valence-electron chi connectivity index (χ3n) is 1.84. The van der Waals surface area contributed by atoms with Crippen molar-refractivity contribution < 1.29 is 14.2 Å². The van der Waals surface area contributed by atoms with Gasteiger partial charge in [0.1, 0.15) is 6.10 Å². The van der Waals surface area contributed by atoms with Crippen LogP contribution in [0.15, 0.2) is 0 Å². The molecule has 12 heavy (non-hydrogen) atoms. The smallest absolute Gasteiger partial charge is 0.160 e. The van der Waals surface area contributed by atoms with Gasteiger partial charge in [-0.05, 0) is 6.92 Å². The lowest BCUT2D eigenvalue weighted by Crippen LogP contribution is -2.39. The van der Waals surface area contributed by atoms with E-state index in [0.717, 1.165) is 6.61 Å². The van der Waals surface area contributed by atoms with Gasteiger partial charge in [0.15, 0.2) is 6.29 Å².